The van der Waals surface area contributed by atoms with Crippen LogP contribution in [-0.2, 0) is 13.0 Å². The number of fused-ring (bicyclic) bond motifs is 1. The first kappa shape index (κ1) is 13.1. The van der Waals surface area contributed by atoms with E-state index in [-0.39, 0.29) is 6.04 Å². The van der Waals surface area contributed by atoms with E-state index in [1.165, 1.54) is 25.2 Å². The van der Waals surface area contributed by atoms with Crippen molar-refractivity contribution >= 4 is 0 Å². The van der Waals surface area contributed by atoms with Gasteiger partial charge in [0, 0.05) is 37.5 Å². The number of piperidine rings is 1. The van der Waals surface area contributed by atoms with Crippen LogP contribution in [0.25, 0.3) is 0 Å². The minimum atomic E-state index is 0.267. The second-order valence-electron chi connectivity index (χ2n) is 6.31. The quantitative estimate of drug-likeness (QED) is 0.869. The molecular weight excluding hydrogens is 238 g/mol. The fraction of sp³-hybridized carbons (Fsp3) is 0.857. The summed E-state index contributed by atoms with van der Waals surface area (Å²) in [5.74, 6) is 2.84. The average molecular weight is 263 g/mol. The van der Waals surface area contributed by atoms with Crippen molar-refractivity contribution in [2.45, 2.75) is 64.1 Å². The summed E-state index contributed by atoms with van der Waals surface area (Å²) in [4.78, 5) is 2.56. The standard InChI is InChI=1S/C14H25N5/c1-10(2)18-6-3-4-11(9-18)14-17-16-13-8-12(15)5-7-19(13)14/h10-12H,3-9,15H2,1-2H3. The summed E-state index contributed by atoms with van der Waals surface area (Å²) >= 11 is 0. The van der Waals surface area contributed by atoms with Crippen LogP contribution in [0.3, 0.4) is 0 Å². The van der Waals surface area contributed by atoms with E-state index in [1.54, 1.807) is 0 Å². The second kappa shape index (κ2) is 5.21. The third-order valence-corrected chi connectivity index (χ3v) is 4.57. The molecule has 0 saturated carbocycles. The molecule has 1 fully saturated rings. The van der Waals surface area contributed by atoms with Crippen LogP contribution < -0.4 is 5.73 Å². The zero-order valence-corrected chi connectivity index (χ0v) is 12.0. The molecule has 3 rings (SSSR count). The molecule has 0 aromatic carbocycles. The van der Waals surface area contributed by atoms with E-state index in [0.717, 1.165) is 31.8 Å². The Morgan fingerprint density at radius 3 is 2.84 bits per heavy atom. The van der Waals surface area contributed by atoms with Crippen LogP contribution in [0.5, 0.6) is 0 Å². The Labute approximate surface area is 115 Å². The number of likely N-dealkylation sites (tertiary alicyclic amines) is 1. The lowest BCUT2D eigenvalue weighted by molar-refractivity contribution is 0.162. The zero-order valence-electron chi connectivity index (χ0n) is 12.0. The molecule has 19 heavy (non-hydrogen) atoms. The monoisotopic (exact) mass is 263 g/mol. The van der Waals surface area contributed by atoms with E-state index in [9.17, 15) is 0 Å². The van der Waals surface area contributed by atoms with Gasteiger partial charge in [-0.25, -0.2) is 0 Å². The van der Waals surface area contributed by atoms with Crippen molar-refractivity contribution < 1.29 is 0 Å². The number of nitrogens with zero attached hydrogens (tertiary/aromatic N) is 4. The Morgan fingerprint density at radius 1 is 1.21 bits per heavy atom. The Balaban J connectivity index is 1.79. The van der Waals surface area contributed by atoms with Gasteiger partial charge < -0.3 is 15.2 Å². The largest absolute Gasteiger partial charge is 0.327 e. The number of hydrogen-bond donors (Lipinski definition) is 1. The molecule has 0 aliphatic carbocycles. The molecule has 1 saturated heterocycles. The highest BCUT2D eigenvalue weighted by molar-refractivity contribution is 5.07. The number of hydrogen-bond acceptors (Lipinski definition) is 4. The van der Waals surface area contributed by atoms with Crippen molar-refractivity contribution in [2.75, 3.05) is 13.1 Å². The molecule has 0 spiro atoms. The van der Waals surface area contributed by atoms with E-state index in [2.05, 4.69) is 33.5 Å². The minimum absolute atomic E-state index is 0.267. The number of rotatable bonds is 2. The first-order chi connectivity index (χ1) is 9.15. The molecule has 2 aliphatic heterocycles. The van der Waals surface area contributed by atoms with Gasteiger partial charge in [-0.3, -0.25) is 0 Å². The summed E-state index contributed by atoms with van der Waals surface area (Å²) < 4.78 is 2.33. The first-order valence-electron chi connectivity index (χ1n) is 7.56. The van der Waals surface area contributed by atoms with Gasteiger partial charge in [-0.15, -0.1) is 10.2 Å². The van der Waals surface area contributed by atoms with E-state index in [0.29, 0.717) is 12.0 Å². The maximum Gasteiger partial charge on any atom is 0.137 e. The van der Waals surface area contributed by atoms with Gasteiger partial charge in [0.25, 0.3) is 0 Å². The van der Waals surface area contributed by atoms with Gasteiger partial charge in [0.15, 0.2) is 0 Å². The van der Waals surface area contributed by atoms with Crippen molar-refractivity contribution in [3.05, 3.63) is 11.6 Å². The van der Waals surface area contributed by atoms with Gasteiger partial charge in [0.1, 0.15) is 11.6 Å². The third-order valence-electron chi connectivity index (χ3n) is 4.57. The minimum Gasteiger partial charge on any atom is -0.327 e. The van der Waals surface area contributed by atoms with Crippen LogP contribution >= 0.6 is 0 Å². The normalized spacial score (nSPS) is 28.6. The number of aromatic nitrogens is 3. The molecule has 5 nitrogen and oxygen atoms in total. The fourth-order valence-electron chi connectivity index (χ4n) is 3.36. The summed E-state index contributed by atoms with van der Waals surface area (Å²) in [7, 11) is 0. The predicted molar refractivity (Wildman–Crippen MR) is 75.0 cm³/mol. The molecule has 2 aliphatic rings. The van der Waals surface area contributed by atoms with Crippen molar-refractivity contribution in [1.29, 1.82) is 0 Å². The number of nitrogens with two attached hydrogens (primary N) is 1. The maximum absolute atomic E-state index is 6.01. The Hall–Kier alpha value is -0.940. The smallest absolute Gasteiger partial charge is 0.137 e. The van der Waals surface area contributed by atoms with Gasteiger partial charge in [-0.2, -0.15) is 0 Å². The molecule has 5 heteroatoms. The Bertz CT molecular complexity index is 439. The van der Waals surface area contributed by atoms with E-state index < -0.39 is 0 Å². The summed E-state index contributed by atoms with van der Waals surface area (Å²) in [6.45, 7) is 7.90. The molecule has 2 N–H and O–H groups in total. The van der Waals surface area contributed by atoms with Gasteiger partial charge in [0.2, 0.25) is 0 Å². The average Bonchev–Trinajstić information content (AvgIpc) is 2.81. The van der Waals surface area contributed by atoms with Crippen LogP contribution in [0.2, 0.25) is 0 Å². The van der Waals surface area contributed by atoms with Crippen molar-refractivity contribution in [2.24, 2.45) is 5.73 Å². The van der Waals surface area contributed by atoms with Gasteiger partial charge in [0.05, 0.1) is 0 Å². The van der Waals surface area contributed by atoms with E-state index >= 15 is 0 Å². The highest BCUT2D eigenvalue weighted by atomic mass is 15.3. The van der Waals surface area contributed by atoms with Crippen LogP contribution in [0.4, 0.5) is 0 Å². The molecule has 0 amide bonds. The highest BCUT2D eigenvalue weighted by Gasteiger charge is 2.29. The van der Waals surface area contributed by atoms with Gasteiger partial charge in [-0.05, 0) is 39.7 Å². The lowest BCUT2D eigenvalue weighted by Crippen LogP contribution is -2.40. The van der Waals surface area contributed by atoms with Crippen molar-refractivity contribution in [3.8, 4) is 0 Å². The predicted octanol–water partition coefficient (Wildman–Crippen LogP) is 1.14. The molecule has 0 radical (unpaired) electrons. The Kier molecular flexibility index (Phi) is 3.58. The lowest BCUT2D eigenvalue weighted by Gasteiger charge is -2.35. The van der Waals surface area contributed by atoms with Crippen molar-refractivity contribution in [3.63, 3.8) is 0 Å². The van der Waals surface area contributed by atoms with Crippen LogP contribution in [0, 0.1) is 0 Å². The second-order valence-corrected chi connectivity index (χ2v) is 6.31. The SMILES string of the molecule is CC(C)N1CCCC(c2nnc3n2CCC(N)C3)C1. The summed E-state index contributed by atoms with van der Waals surface area (Å²) in [5, 5.41) is 8.85. The lowest BCUT2D eigenvalue weighted by atomic mass is 9.95. The van der Waals surface area contributed by atoms with Crippen LogP contribution in [-0.4, -0.2) is 44.8 Å². The fourth-order valence-corrected chi connectivity index (χ4v) is 3.36. The van der Waals surface area contributed by atoms with E-state index in [1.807, 2.05) is 0 Å². The Morgan fingerprint density at radius 2 is 2.05 bits per heavy atom. The molecule has 2 unspecified atom stereocenters. The molecule has 1 aromatic rings. The van der Waals surface area contributed by atoms with Gasteiger partial charge >= 0.3 is 0 Å². The molecule has 106 valence electrons. The maximum atomic E-state index is 6.01. The first-order valence-corrected chi connectivity index (χ1v) is 7.56. The molecular formula is C14H25N5. The summed E-state index contributed by atoms with van der Waals surface area (Å²) in [6, 6.07) is 0.892. The molecule has 3 heterocycles. The summed E-state index contributed by atoms with van der Waals surface area (Å²) in [5.41, 5.74) is 6.01. The van der Waals surface area contributed by atoms with E-state index in [4.69, 9.17) is 5.73 Å². The zero-order chi connectivity index (χ0) is 13.4. The van der Waals surface area contributed by atoms with Crippen LogP contribution in [0.1, 0.15) is 50.7 Å². The third kappa shape index (κ3) is 2.54. The molecule has 2 atom stereocenters. The van der Waals surface area contributed by atoms with Crippen LogP contribution in [0.15, 0.2) is 0 Å². The molecule has 1 aromatic heterocycles. The topological polar surface area (TPSA) is 60.0 Å². The molecule has 0 bridgehead atoms. The van der Waals surface area contributed by atoms with Gasteiger partial charge in [-0.1, -0.05) is 0 Å². The van der Waals surface area contributed by atoms with Crippen molar-refractivity contribution in [1.82, 2.24) is 19.7 Å². The highest BCUT2D eigenvalue weighted by Crippen LogP contribution is 2.28. The summed E-state index contributed by atoms with van der Waals surface area (Å²) in [6.07, 6.45) is 4.45.